The number of halogens is 1. The third-order valence-electron chi connectivity index (χ3n) is 3.56. The van der Waals surface area contributed by atoms with Crippen molar-refractivity contribution in [3.63, 3.8) is 0 Å². The first-order valence-corrected chi connectivity index (χ1v) is 8.21. The maximum Gasteiger partial charge on any atom is 0.156 e. The molecule has 1 aliphatic carbocycles. The second-order valence-corrected chi connectivity index (χ2v) is 7.31. The minimum absolute atomic E-state index is 0.0583. The smallest absolute Gasteiger partial charge is 0.156 e. The summed E-state index contributed by atoms with van der Waals surface area (Å²) in [5.41, 5.74) is 1.78. The number of hydrogen-bond donors (Lipinski definition) is 2. The van der Waals surface area contributed by atoms with E-state index >= 15 is 0 Å². The molecule has 0 radical (unpaired) electrons. The number of hydrogen-bond acceptors (Lipinski definition) is 4. The van der Waals surface area contributed by atoms with E-state index in [2.05, 4.69) is 5.32 Å². The Bertz CT molecular complexity index is 605. The highest BCUT2D eigenvalue weighted by atomic mass is 35.5. The van der Waals surface area contributed by atoms with Gasteiger partial charge in [0.2, 0.25) is 0 Å². The largest absolute Gasteiger partial charge is 0.490 e. The Labute approximate surface area is 142 Å². The third kappa shape index (κ3) is 5.65. The van der Waals surface area contributed by atoms with E-state index in [0.717, 1.165) is 11.1 Å². The van der Waals surface area contributed by atoms with Gasteiger partial charge in [0, 0.05) is 29.1 Å². The predicted molar refractivity (Wildman–Crippen MR) is 92.9 cm³/mol. The Morgan fingerprint density at radius 3 is 2.70 bits per heavy atom. The van der Waals surface area contributed by atoms with Gasteiger partial charge in [-0.15, -0.1) is 0 Å². The number of β-amino-alcohol motifs (C(OH)–C–C–N with tert-alkyl or cyclic N) is 1. The summed E-state index contributed by atoms with van der Waals surface area (Å²) in [6.45, 7) is 6.73. The summed E-state index contributed by atoms with van der Waals surface area (Å²) in [6.07, 6.45) is 2.29. The fourth-order valence-electron chi connectivity index (χ4n) is 2.36. The quantitative estimate of drug-likeness (QED) is 0.836. The van der Waals surface area contributed by atoms with E-state index in [1.54, 1.807) is 18.2 Å². The van der Waals surface area contributed by atoms with Gasteiger partial charge in [0.15, 0.2) is 5.78 Å². The van der Waals surface area contributed by atoms with Crippen molar-refractivity contribution in [1.29, 1.82) is 0 Å². The minimum Gasteiger partial charge on any atom is -0.490 e. The van der Waals surface area contributed by atoms with Crippen molar-refractivity contribution in [3.05, 3.63) is 34.9 Å². The molecule has 0 saturated carbocycles. The van der Waals surface area contributed by atoms with Gasteiger partial charge in [-0.3, -0.25) is 4.79 Å². The van der Waals surface area contributed by atoms with E-state index in [4.69, 9.17) is 16.3 Å². The van der Waals surface area contributed by atoms with Crippen LogP contribution in [0.2, 0.25) is 5.02 Å². The molecule has 0 spiro atoms. The summed E-state index contributed by atoms with van der Waals surface area (Å²) in [6, 6.07) is 5.37. The van der Waals surface area contributed by atoms with Crippen molar-refractivity contribution in [3.8, 4) is 5.75 Å². The lowest BCUT2D eigenvalue weighted by atomic mass is 10.0. The lowest BCUT2D eigenvalue weighted by molar-refractivity contribution is -0.114. The van der Waals surface area contributed by atoms with E-state index < -0.39 is 6.10 Å². The van der Waals surface area contributed by atoms with Crippen LogP contribution in [0.3, 0.4) is 0 Å². The standard InChI is InChI=1S/C18H24ClNO3/c1-18(2,3)20-10-15(22)11-23-17-9-13(19)5-7-16(17)12-4-6-14(21)8-12/h5,7-9,15,20,22H,4,6,10-11H2,1-3H3/t15-/m1/s1. The number of carbonyl (C=O) groups is 1. The van der Waals surface area contributed by atoms with E-state index in [1.807, 2.05) is 26.8 Å². The summed E-state index contributed by atoms with van der Waals surface area (Å²) >= 11 is 6.05. The first-order chi connectivity index (χ1) is 10.7. The molecule has 1 aliphatic rings. The molecule has 4 nitrogen and oxygen atoms in total. The van der Waals surface area contributed by atoms with E-state index in [-0.39, 0.29) is 17.9 Å². The van der Waals surface area contributed by atoms with Gasteiger partial charge in [-0.2, -0.15) is 0 Å². The third-order valence-corrected chi connectivity index (χ3v) is 3.80. The molecule has 1 aromatic rings. The molecule has 23 heavy (non-hydrogen) atoms. The van der Waals surface area contributed by atoms with E-state index in [1.165, 1.54) is 0 Å². The van der Waals surface area contributed by atoms with Crippen molar-refractivity contribution >= 4 is 23.0 Å². The molecule has 0 amide bonds. The fourth-order valence-corrected chi connectivity index (χ4v) is 2.52. The van der Waals surface area contributed by atoms with Gasteiger partial charge < -0.3 is 15.2 Å². The molecule has 0 fully saturated rings. The van der Waals surface area contributed by atoms with Crippen molar-refractivity contribution < 1.29 is 14.6 Å². The number of aliphatic hydroxyl groups excluding tert-OH is 1. The fraction of sp³-hybridized carbons (Fsp3) is 0.500. The monoisotopic (exact) mass is 337 g/mol. The highest BCUT2D eigenvalue weighted by molar-refractivity contribution is 6.30. The van der Waals surface area contributed by atoms with Crippen LogP contribution >= 0.6 is 11.6 Å². The highest BCUT2D eigenvalue weighted by Crippen LogP contribution is 2.34. The van der Waals surface area contributed by atoms with Crippen LogP contribution in [-0.4, -0.2) is 35.7 Å². The number of ether oxygens (including phenoxy) is 1. The van der Waals surface area contributed by atoms with Crippen LogP contribution in [0.5, 0.6) is 5.75 Å². The van der Waals surface area contributed by atoms with Crippen LogP contribution in [0.25, 0.3) is 5.57 Å². The van der Waals surface area contributed by atoms with Crippen LogP contribution in [0.15, 0.2) is 24.3 Å². The Balaban J connectivity index is 2.03. The highest BCUT2D eigenvalue weighted by Gasteiger charge is 2.18. The molecule has 0 aromatic heterocycles. The molecule has 126 valence electrons. The normalized spacial score (nSPS) is 16.4. The SMILES string of the molecule is CC(C)(C)NC[C@@H](O)COc1cc(Cl)ccc1C1=CC(=O)CC1. The Morgan fingerprint density at radius 2 is 2.09 bits per heavy atom. The molecule has 2 rings (SSSR count). The molecule has 5 heteroatoms. The van der Waals surface area contributed by atoms with Crippen LogP contribution in [0, 0.1) is 0 Å². The predicted octanol–water partition coefficient (Wildman–Crippen LogP) is 3.21. The van der Waals surface area contributed by atoms with Crippen LogP contribution < -0.4 is 10.1 Å². The molecule has 0 unspecified atom stereocenters. The zero-order valence-corrected chi connectivity index (χ0v) is 14.6. The van der Waals surface area contributed by atoms with Crippen molar-refractivity contribution in [2.45, 2.75) is 45.3 Å². The molecule has 2 N–H and O–H groups in total. The average Bonchev–Trinajstić information content (AvgIpc) is 2.88. The molecule has 0 bridgehead atoms. The van der Waals surface area contributed by atoms with Crippen LogP contribution in [-0.2, 0) is 4.79 Å². The van der Waals surface area contributed by atoms with Crippen LogP contribution in [0.4, 0.5) is 0 Å². The van der Waals surface area contributed by atoms with E-state index in [0.29, 0.717) is 30.2 Å². The first kappa shape index (κ1) is 18.0. The zero-order valence-electron chi connectivity index (χ0n) is 13.9. The maximum atomic E-state index is 11.5. The number of allylic oxidation sites excluding steroid dienone is 2. The number of rotatable bonds is 6. The molecular weight excluding hydrogens is 314 g/mol. The molecule has 1 aromatic carbocycles. The summed E-state index contributed by atoms with van der Waals surface area (Å²) in [4.78, 5) is 11.5. The zero-order chi connectivity index (χ0) is 17.0. The van der Waals surface area contributed by atoms with Gasteiger partial charge in [-0.1, -0.05) is 11.6 Å². The molecular formula is C18H24ClNO3. The number of aliphatic hydroxyl groups is 1. The first-order valence-electron chi connectivity index (χ1n) is 7.84. The summed E-state index contributed by atoms with van der Waals surface area (Å²) in [7, 11) is 0. The lowest BCUT2D eigenvalue weighted by Crippen LogP contribution is -2.42. The minimum atomic E-state index is -0.625. The molecule has 0 heterocycles. The van der Waals surface area contributed by atoms with Crippen LogP contribution in [0.1, 0.15) is 39.2 Å². The van der Waals surface area contributed by atoms with Gasteiger partial charge in [0.1, 0.15) is 18.5 Å². The van der Waals surface area contributed by atoms with E-state index in [9.17, 15) is 9.90 Å². The molecule has 0 saturated heterocycles. The number of benzene rings is 1. The van der Waals surface area contributed by atoms with Gasteiger partial charge >= 0.3 is 0 Å². The van der Waals surface area contributed by atoms with Gasteiger partial charge in [-0.25, -0.2) is 0 Å². The van der Waals surface area contributed by atoms with Crippen molar-refractivity contribution in [2.75, 3.05) is 13.2 Å². The Kier molecular flexibility index (Phi) is 5.84. The summed E-state index contributed by atoms with van der Waals surface area (Å²) in [5, 5.41) is 13.9. The number of nitrogens with one attached hydrogen (secondary N) is 1. The number of carbonyl (C=O) groups excluding carboxylic acids is 1. The molecule has 1 atom stereocenters. The summed E-state index contributed by atoms with van der Waals surface area (Å²) in [5.74, 6) is 0.739. The van der Waals surface area contributed by atoms with Gasteiger partial charge in [-0.05, 0) is 57.0 Å². The van der Waals surface area contributed by atoms with Crippen molar-refractivity contribution in [2.24, 2.45) is 0 Å². The second-order valence-electron chi connectivity index (χ2n) is 6.87. The second kappa shape index (κ2) is 7.47. The van der Waals surface area contributed by atoms with Crippen molar-refractivity contribution in [1.82, 2.24) is 5.32 Å². The summed E-state index contributed by atoms with van der Waals surface area (Å²) < 4.78 is 5.77. The Hall–Kier alpha value is -1.36. The lowest BCUT2D eigenvalue weighted by Gasteiger charge is -2.23. The maximum absolute atomic E-state index is 11.5. The number of ketones is 1. The molecule has 0 aliphatic heterocycles. The topological polar surface area (TPSA) is 58.6 Å². The average molecular weight is 338 g/mol. The van der Waals surface area contributed by atoms with Gasteiger partial charge in [0.25, 0.3) is 0 Å². The van der Waals surface area contributed by atoms with Gasteiger partial charge in [0.05, 0.1) is 0 Å². The Morgan fingerprint density at radius 1 is 1.35 bits per heavy atom.